The lowest BCUT2D eigenvalue weighted by molar-refractivity contribution is -0.472. The number of hydrogen-bond donors (Lipinski definition) is 2. The Kier molecular flexibility index (Phi) is 7.97. The van der Waals surface area contributed by atoms with Crippen LogP contribution in [0.2, 0.25) is 0 Å². The molecule has 1 heterocycles. The maximum absolute atomic E-state index is 14.3. The minimum atomic E-state index is -7.34. The van der Waals surface area contributed by atoms with E-state index < -0.39 is 56.8 Å². The monoisotopic (exact) mass is 590 g/mol. The average Bonchev–Trinajstić information content (AvgIpc) is 2.70. The maximum Gasteiger partial charge on any atom is 0.462 e. The predicted molar refractivity (Wildman–Crippen MR) is 104 cm³/mol. The van der Waals surface area contributed by atoms with Gasteiger partial charge in [0.25, 0.3) is 15.9 Å². The van der Waals surface area contributed by atoms with E-state index in [1.54, 1.807) is 0 Å². The van der Waals surface area contributed by atoms with Crippen molar-refractivity contribution >= 4 is 27.6 Å². The van der Waals surface area contributed by atoms with Crippen molar-refractivity contribution in [3.8, 4) is 0 Å². The van der Waals surface area contributed by atoms with E-state index in [4.69, 9.17) is 0 Å². The topological polar surface area (TPSA) is 110 Å². The Hall–Kier alpha value is -3.29. The van der Waals surface area contributed by atoms with Crippen molar-refractivity contribution in [2.45, 2.75) is 49.0 Å². The molecule has 0 radical (unpaired) electrons. The molecule has 0 fully saturated rings. The van der Waals surface area contributed by atoms with Gasteiger partial charge in [0.2, 0.25) is 5.95 Å². The second-order valence-electron chi connectivity index (χ2n) is 7.34. The van der Waals surface area contributed by atoms with Gasteiger partial charge in [-0.2, -0.15) is 48.3 Å². The third-order valence-corrected chi connectivity index (χ3v) is 5.62. The summed E-state index contributed by atoms with van der Waals surface area (Å²) in [4.78, 5) is 18.8. The summed E-state index contributed by atoms with van der Waals surface area (Å²) < 4.78 is 171. The van der Waals surface area contributed by atoms with Crippen LogP contribution in [-0.4, -0.2) is 54.5 Å². The summed E-state index contributed by atoms with van der Waals surface area (Å²) in [5.41, 5.74) is -0.195. The van der Waals surface area contributed by atoms with Gasteiger partial charge >= 0.3 is 30.2 Å². The molecule has 0 saturated carbocycles. The van der Waals surface area contributed by atoms with Gasteiger partial charge < -0.3 is 5.32 Å². The molecule has 0 unspecified atom stereocenters. The molecule has 0 bridgehead atoms. The molecule has 8 nitrogen and oxygen atoms in total. The number of aromatic nitrogens is 2. The van der Waals surface area contributed by atoms with E-state index in [1.165, 1.54) is 19.9 Å². The summed E-state index contributed by atoms with van der Waals surface area (Å²) >= 11 is 0. The number of halogens is 11. The number of benzene rings is 1. The molecule has 212 valence electrons. The highest BCUT2D eigenvalue weighted by Gasteiger charge is 2.79. The summed E-state index contributed by atoms with van der Waals surface area (Å²) in [6, 6.07) is 3.75. The first-order valence-corrected chi connectivity index (χ1v) is 11.0. The van der Waals surface area contributed by atoms with Crippen LogP contribution in [0.5, 0.6) is 0 Å². The molecular formula is C18H13F11N4O4S. The molecule has 2 rings (SSSR count). The fourth-order valence-corrected chi connectivity index (χ4v) is 3.46. The van der Waals surface area contributed by atoms with Gasteiger partial charge in [-0.25, -0.2) is 23.1 Å². The number of amides is 1. The number of carbonyl (C=O) groups is 1. The number of anilines is 2. The highest BCUT2D eigenvalue weighted by molar-refractivity contribution is 7.92. The molecule has 1 aromatic carbocycles. The van der Waals surface area contributed by atoms with Crippen molar-refractivity contribution < 1.29 is 66.2 Å². The first-order chi connectivity index (χ1) is 16.9. The Bertz CT molecular complexity index is 1280. The summed E-state index contributed by atoms with van der Waals surface area (Å²) in [5.74, 6) is -17.4. The van der Waals surface area contributed by atoms with Crippen molar-refractivity contribution in [3.05, 3.63) is 41.7 Å². The molecule has 20 heteroatoms. The van der Waals surface area contributed by atoms with Crippen LogP contribution in [0.15, 0.2) is 35.2 Å². The molecule has 2 aromatic rings. The Morgan fingerprint density at radius 3 is 1.71 bits per heavy atom. The zero-order valence-corrected chi connectivity index (χ0v) is 19.3. The third-order valence-electron chi connectivity index (χ3n) is 4.28. The average molecular weight is 590 g/mol. The molecule has 0 saturated heterocycles. The van der Waals surface area contributed by atoms with Crippen LogP contribution in [0.4, 0.5) is 59.9 Å². The summed E-state index contributed by atoms with van der Waals surface area (Å²) in [6.45, 7) is 3.03. The third kappa shape index (κ3) is 6.22. The molecular weight excluding hydrogens is 577 g/mol. The fraction of sp³-hybridized carbons (Fsp3) is 0.389. The summed E-state index contributed by atoms with van der Waals surface area (Å²) in [6.07, 6.45) is -21.3. The lowest BCUT2D eigenvalue weighted by atomic mass is 10.2. The number of alkyl halides is 11. The van der Waals surface area contributed by atoms with E-state index in [0.29, 0.717) is 35.7 Å². The zero-order chi connectivity index (χ0) is 29.5. The molecule has 0 aliphatic rings. The molecule has 1 amide bonds. The molecule has 38 heavy (non-hydrogen) atoms. The highest BCUT2D eigenvalue weighted by atomic mass is 32.2. The second kappa shape index (κ2) is 9.79. The first kappa shape index (κ1) is 30.9. The number of aryl methyl sites for hydroxylation is 2. The van der Waals surface area contributed by atoms with Crippen molar-refractivity contribution in [3.63, 3.8) is 0 Å². The Balaban J connectivity index is 2.31. The minimum Gasteiger partial charge on any atom is -0.321 e. The number of nitrogens with one attached hydrogen (secondary N) is 2. The Labute approximate surface area is 205 Å². The van der Waals surface area contributed by atoms with Crippen LogP contribution >= 0.6 is 0 Å². The predicted octanol–water partition coefficient (Wildman–Crippen LogP) is 4.87. The van der Waals surface area contributed by atoms with Crippen molar-refractivity contribution in [1.82, 2.24) is 9.97 Å². The molecule has 1 atom stereocenters. The minimum absolute atomic E-state index is 0.369. The van der Waals surface area contributed by atoms with Gasteiger partial charge in [0.15, 0.2) is 0 Å². The van der Waals surface area contributed by atoms with E-state index in [0.717, 1.165) is 5.32 Å². The van der Waals surface area contributed by atoms with Crippen LogP contribution in [0, 0.1) is 13.8 Å². The first-order valence-electron chi connectivity index (χ1n) is 9.48. The van der Waals surface area contributed by atoms with Gasteiger partial charge in [-0.1, -0.05) is 0 Å². The highest BCUT2D eigenvalue weighted by Crippen LogP contribution is 2.51. The van der Waals surface area contributed by atoms with Crippen molar-refractivity contribution in [1.29, 1.82) is 0 Å². The lowest BCUT2D eigenvalue weighted by Gasteiger charge is -2.34. The van der Waals surface area contributed by atoms with E-state index in [-0.39, 0.29) is 5.95 Å². The fourth-order valence-electron chi connectivity index (χ4n) is 2.52. The summed E-state index contributed by atoms with van der Waals surface area (Å²) in [7, 11) is -4.45. The molecule has 2 N–H and O–H groups in total. The van der Waals surface area contributed by atoms with Crippen LogP contribution in [0.1, 0.15) is 11.4 Å². The SMILES string of the molecule is Cc1cc(C)nc(NS(=O)(=O)c2ccc(NC(=O)[C@](F)(OC(F)(F)C(F)(F)C(F)(F)F)C(F)(F)F)cc2)n1. The van der Waals surface area contributed by atoms with Crippen LogP contribution in [-0.2, 0) is 19.6 Å². The molecule has 0 spiro atoms. The van der Waals surface area contributed by atoms with E-state index in [1.807, 2.05) is 4.72 Å². The summed E-state index contributed by atoms with van der Waals surface area (Å²) in [5, 5.41) is 0.987. The van der Waals surface area contributed by atoms with Crippen LogP contribution in [0.3, 0.4) is 0 Å². The largest absolute Gasteiger partial charge is 0.462 e. The second-order valence-corrected chi connectivity index (χ2v) is 9.02. The van der Waals surface area contributed by atoms with Crippen molar-refractivity contribution in [2.24, 2.45) is 0 Å². The number of carbonyl (C=O) groups excluding carboxylic acids is 1. The van der Waals surface area contributed by atoms with E-state index in [2.05, 4.69) is 14.7 Å². The normalized spacial score (nSPS) is 15.1. The lowest BCUT2D eigenvalue weighted by Crippen LogP contribution is -2.62. The van der Waals surface area contributed by atoms with Gasteiger partial charge in [0.1, 0.15) is 0 Å². The number of rotatable bonds is 8. The molecule has 0 aliphatic heterocycles. The standard InChI is InChI=1S/C18H13F11N4O4S/c1-8-7-9(2)31-13(30-8)33-38(35,36)11-5-3-10(4-6-11)32-12(34)14(19,16(22,23)24)37-18(28,29)15(20,21)17(25,26)27/h3-7H,1-2H3,(H,32,34)(H,30,31,33)/t14-/m0/s1. The Morgan fingerprint density at radius 2 is 1.29 bits per heavy atom. The zero-order valence-electron chi connectivity index (χ0n) is 18.5. The van der Waals surface area contributed by atoms with Gasteiger partial charge in [-0.3, -0.25) is 9.53 Å². The van der Waals surface area contributed by atoms with E-state index in [9.17, 15) is 61.5 Å². The van der Waals surface area contributed by atoms with Gasteiger partial charge in [0.05, 0.1) is 4.90 Å². The van der Waals surface area contributed by atoms with Gasteiger partial charge in [-0.15, -0.1) is 0 Å². The number of hydrogen-bond acceptors (Lipinski definition) is 6. The van der Waals surface area contributed by atoms with Crippen molar-refractivity contribution in [2.75, 3.05) is 10.0 Å². The quantitative estimate of drug-likeness (QED) is 0.425. The van der Waals surface area contributed by atoms with Gasteiger partial charge in [0, 0.05) is 17.1 Å². The number of sulfonamides is 1. The Morgan fingerprint density at radius 1 is 0.816 bits per heavy atom. The molecule has 1 aromatic heterocycles. The number of ether oxygens (including phenoxy) is 1. The van der Waals surface area contributed by atoms with Crippen LogP contribution in [0.25, 0.3) is 0 Å². The number of nitrogens with zero attached hydrogens (tertiary/aromatic N) is 2. The van der Waals surface area contributed by atoms with Gasteiger partial charge in [-0.05, 0) is 44.2 Å². The van der Waals surface area contributed by atoms with E-state index >= 15 is 0 Å². The smallest absolute Gasteiger partial charge is 0.321 e. The molecule has 0 aliphatic carbocycles. The maximum atomic E-state index is 14.3. The van der Waals surface area contributed by atoms with Crippen LogP contribution < -0.4 is 10.0 Å².